The molecule has 1 aliphatic rings. The molecule has 0 aliphatic carbocycles. The maximum atomic E-state index is 13.5. The minimum absolute atomic E-state index is 0.0417. The summed E-state index contributed by atoms with van der Waals surface area (Å²) < 4.78 is 48.1. The summed E-state index contributed by atoms with van der Waals surface area (Å²) in [5, 5.41) is 7.75. The molecule has 0 saturated carbocycles. The molecule has 1 fully saturated rings. The lowest BCUT2D eigenvalue weighted by Gasteiger charge is -2.30. The third kappa shape index (κ3) is 6.00. The van der Waals surface area contributed by atoms with Crippen molar-refractivity contribution < 1.29 is 22.6 Å². The van der Waals surface area contributed by atoms with Gasteiger partial charge in [0.25, 0.3) is 0 Å². The van der Waals surface area contributed by atoms with E-state index in [2.05, 4.69) is 29.9 Å². The van der Waals surface area contributed by atoms with Crippen molar-refractivity contribution in [3.8, 4) is 17.4 Å². The van der Waals surface area contributed by atoms with Crippen LogP contribution in [0, 0.1) is 0 Å². The number of aromatic nitrogens is 6. The number of hydrogen-bond acceptors (Lipinski definition) is 10. The van der Waals surface area contributed by atoms with Gasteiger partial charge in [-0.15, -0.1) is 10.2 Å². The average molecular weight is 552 g/mol. The lowest BCUT2D eigenvalue weighted by Crippen LogP contribution is -2.35. The molecule has 4 heterocycles. The summed E-state index contributed by atoms with van der Waals surface area (Å²) in [6.07, 6.45) is 4.49. The lowest BCUT2D eigenvalue weighted by atomic mass is 10.0. The molecule has 1 aliphatic heterocycles. The second kappa shape index (κ2) is 11.7. The number of pyridine rings is 1. The van der Waals surface area contributed by atoms with Crippen LogP contribution < -0.4 is 9.46 Å². The Kier molecular flexibility index (Phi) is 8.57. The van der Waals surface area contributed by atoms with E-state index in [9.17, 15) is 8.42 Å². The first-order chi connectivity index (χ1) is 17.7. The van der Waals surface area contributed by atoms with Gasteiger partial charge in [0.2, 0.25) is 21.9 Å². The molecule has 3 aromatic rings. The van der Waals surface area contributed by atoms with Crippen LogP contribution in [0.1, 0.15) is 51.1 Å². The van der Waals surface area contributed by atoms with E-state index in [1.807, 2.05) is 6.92 Å². The van der Waals surface area contributed by atoms with Gasteiger partial charge in [-0.1, -0.05) is 17.7 Å². The SMILES string of the molecule is COc1cccc(-c2nnc(NS(=O)(=O)[C@@H](C)[C@H](OC)c3ncc(Cl)cn3)n2[C@@H](C)[C@H]2CCCCO2)n1. The van der Waals surface area contributed by atoms with Gasteiger partial charge in [0.15, 0.2) is 11.6 Å². The molecule has 37 heavy (non-hydrogen) atoms. The predicted octanol–water partition coefficient (Wildman–Crippen LogP) is 3.44. The monoisotopic (exact) mass is 551 g/mol. The van der Waals surface area contributed by atoms with Crippen LogP contribution in [0.3, 0.4) is 0 Å². The number of halogens is 1. The van der Waals surface area contributed by atoms with E-state index in [-0.39, 0.29) is 23.9 Å². The fraction of sp³-hybridized carbons (Fsp3) is 0.522. The third-order valence-electron chi connectivity index (χ3n) is 6.32. The van der Waals surface area contributed by atoms with Gasteiger partial charge in [0.05, 0.1) is 24.3 Å². The molecule has 4 rings (SSSR count). The van der Waals surface area contributed by atoms with E-state index in [0.29, 0.717) is 29.0 Å². The van der Waals surface area contributed by atoms with Crippen molar-refractivity contribution in [2.45, 2.75) is 56.6 Å². The van der Waals surface area contributed by atoms with Crippen LogP contribution in [-0.4, -0.2) is 70.3 Å². The van der Waals surface area contributed by atoms with Crippen molar-refractivity contribution in [3.63, 3.8) is 0 Å². The summed E-state index contributed by atoms with van der Waals surface area (Å²) in [4.78, 5) is 12.7. The van der Waals surface area contributed by atoms with Gasteiger partial charge < -0.3 is 14.2 Å². The van der Waals surface area contributed by atoms with Gasteiger partial charge in [0.1, 0.15) is 17.0 Å². The number of sulfonamides is 1. The van der Waals surface area contributed by atoms with Gasteiger partial charge in [-0.25, -0.2) is 23.4 Å². The van der Waals surface area contributed by atoms with Crippen LogP contribution in [0.2, 0.25) is 5.02 Å². The van der Waals surface area contributed by atoms with Crippen LogP contribution in [0.5, 0.6) is 5.88 Å². The molecule has 1 N–H and O–H groups in total. The van der Waals surface area contributed by atoms with E-state index in [0.717, 1.165) is 19.3 Å². The Morgan fingerprint density at radius 1 is 1.16 bits per heavy atom. The topological polar surface area (TPSA) is 143 Å². The van der Waals surface area contributed by atoms with Crippen molar-refractivity contribution in [1.29, 1.82) is 0 Å². The van der Waals surface area contributed by atoms with Crippen molar-refractivity contribution in [2.75, 3.05) is 25.5 Å². The second-order valence-corrected chi connectivity index (χ2v) is 11.2. The normalized spacial score (nSPS) is 18.7. The fourth-order valence-corrected chi connectivity index (χ4v) is 5.48. The molecule has 0 bridgehead atoms. The Bertz CT molecular complexity index is 1300. The molecule has 200 valence electrons. The predicted molar refractivity (Wildman–Crippen MR) is 137 cm³/mol. The minimum atomic E-state index is -4.05. The third-order valence-corrected chi connectivity index (χ3v) is 8.20. The molecule has 0 unspecified atom stereocenters. The highest BCUT2D eigenvalue weighted by atomic mass is 35.5. The first-order valence-electron chi connectivity index (χ1n) is 11.8. The van der Waals surface area contributed by atoms with Gasteiger partial charge in [-0.2, -0.15) is 0 Å². The molecular formula is C23H30ClN7O5S. The first-order valence-corrected chi connectivity index (χ1v) is 13.8. The molecule has 12 nitrogen and oxygen atoms in total. The van der Waals surface area contributed by atoms with Crippen LogP contribution in [-0.2, 0) is 19.5 Å². The fourth-order valence-electron chi connectivity index (χ4n) is 4.25. The highest BCUT2D eigenvalue weighted by Crippen LogP contribution is 2.32. The highest BCUT2D eigenvalue weighted by molar-refractivity contribution is 7.93. The zero-order chi connectivity index (χ0) is 26.6. The average Bonchev–Trinajstić information content (AvgIpc) is 3.32. The van der Waals surface area contributed by atoms with Gasteiger partial charge in [-0.3, -0.25) is 9.29 Å². The number of rotatable bonds is 10. The van der Waals surface area contributed by atoms with Crippen molar-refractivity contribution in [3.05, 3.63) is 41.4 Å². The molecule has 0 spiro atoms. The molecule has 0 amide bonds. The highest BCUT2D eigenvalue weighted by Gasteiger charge is 2.36. The van der Waals surface area contributed by atoms with E-state index in [1.165, 1.54) is 33.5 Å². The van der Waals surface area contributed by atoms with E-state index in [4.69, 9.17) is 25.8 Å². The smallest absolute Gasteiger partial charge is 0.240 e. The Morgan fingerprint density at radius 2 is 1.92 bits per heavy atom. The number of methoxy groups -OCH3 is 2. The summed E-state index contributed by atoms with van der Waals surface area (Å²) in [7, 11) is -1.13. The minimum Gasteiger partial charge on any atom is -0.481 e. The van der Waals surface area contributed by atoms with E-state index >= 15 is 0 Å². The second-order valence-electron chi connectivity index (χ2n) is 8.70. The largest absolute Gasteiger partial charge is 0.481 e. The summed E-state index contributed by atoms with van der Waals surface area (Å²) in [5.41, 5.74) is 0.484. The quantitative estimate of drug-likeness (QED) is 0.398. The number of nitrogens with one attached hydrogen (secondary N) is 1. The molecular weight excluding hydrogens is 522 g/mol. The Hall–Kier alpha value is -2.87. The molecule has 1 saturated heterocycles. The van der Waals surface area contributed by atoms with Crippen molar-refractivity contribution in [1.82, 2.24) is 29.7 Å². The summed E-state index contributed by atoms with van der Waals surface area (Å²) in [6.45, 7) is 4.09. The van der Waals surface area contributed by atoms with Gasteiger partial charge in [-0.05, 0) is 39.2 Å². The number of nitrogens with zero attached hydrogens (tertiary/aromatic N) is 6. The first kappa shape index (κ1) is 27.2. The van der Waals surface area contributed by atoms with Crippen LogP contribution in [0.25, 0.3) is 11.5 Å². The Morgan fingerprint density at radius 3 is 2.57 bits per heavy atom. The number of hydrogen-bond donors (Lipinski definition) is 1. The van der Waals surface area contributed by atoms with E-state index < -0.39 is 21.4 Å². The number of anilines is 1. The number of ether oxygens (including phenoxy) is 3. The molecule has 0 radical (unpaired) electrons. The zero-order valence-electron chi connectivity index (χ0n) is 21.0. The summed E-state index contributed by atoms with van der Waals surface area (Å²) >= 11 is 5.88. The summed E-state index contributed by atoms with van der Waals surface area (Å²) in [5.74, 6) is 1.02. The van der Waals surface area contributed by atoms with Crippen molar-refractivity contribution >= 4 is 27.6 Å². The van der Waals surface area contributed by atoms with Crippen LogP contribution in [0.4, 0.5) is 5.95 Å². The maximum Gasteiger partial charge on any atom is 0.240 e. The van der Waals surface area contributed by atoms with Crippen LogP contribution >= 0.6 is 11.6 Å². The maximum absolute atomic E-state index is 13.5. The molecule has 14 heteroatoms. The molecule has 4 atom stereocenters. The molecule has 0 aromatic carbocycles. The van der Waals surface area contributed by atoms with E-state index in [1.54, 1.807) is 22.8 Å². The van der Waals surface area contributed by atoms with Gasteiger partial charge >= 0.3 is 0 Å². The Balaban J connectivity index is 1.70. The molecule has 3 aromatic heterocycles. The Labute approximate surface area is 220 Å². The summed E-state index contributed by atoms with van der Waals surface area (Å²) in [6, 6.07) is 4.97. The van der Waals surface area contributed by atoms with Gasteiger partial charge in [0, 0.05) is 32.2 Å². The lowest BCUT2D eigenvalue weighted by molar-refractivity contribution is -0.0116. The van der Waals surface area contributed by atoms with Crippen LogP contribution in [0.15, 0.2) is 30.6 Å². The standard InChI is InChI=1S/C23H30ClN7O5S/c1-14(18-9-5-6-11-36-18)31-22(17-8-7-10-19(27-17)34-3)28-29-23(31)30-37(32,33)15(2)20(35-4)21-25-12-16(24)13-26-21/h7-8,10,12-15,18,20H,5-6,9,11H2,1-4H3,(H,29,30)/t14-,15-,18+,20-/m0/s1. The zero-order valence-corrected chi connectivity index (χ0v) is 22.6. The van der Waals surface area contributed by atoms with Crippen molar-refractivity contribution in [2.24, 2.45) is 0 Å².